The minimum Gasteiger partial charge on any atom is -0.366 e. The quantitative estimate of drug-likeness (QED) is 0.846. The first-order chi connectivity index (χ1) is 6.73. The molecule has 1 aromatic rings. The molecule has 0 aliphatic carbocycles. The largest absolute Gasteiger partial charge is 0.366 e. The maximum atomic E-state index is 11.2. The van der Waals surface area contributed by atoms with Crippen LogP contribution in [0, 0.1) is 6.92 Å². The van der Waals surface area contributed by atoms with Gasteiger partial charge < -0.3 is 5.73 Å². The lowest BCUT2D eigenvalue weighted by atomic mass is 10.1. The molecular weight excluding hydrogens is 306 g/mol. The third kappa shape index (κ3) is 2.70. The van der Waals surface area contributed by atoms with Crippen molar-refractivity contribution in [3.8, 4) is 0 Å². The average Bonchev–Trinajstić information content (AvgIpc) is 2.06. The van der Waals surface area contributed by atoms with E-state index in [1.54, 1.807) is 6.92 Å². The van der Waals surface area contributed by atoms with Crippen LogP contribution in [-0.4, -0.2) is 14.3 Å². The fourth-order valence-electron chi connectivity index (χ4n) is 1.06. The van der Waals surface area contributed by atoms with Gasteiger partial charge in [0.15, 0.2) is 0 Å². The van der Waals surface area contributed by atoms with Crippen LogP contribution in [0.15, 0.2) is 21.5 Å². The van der Waals surface area contributed by atoms with Gasteiger partial charge in [-0.3, -0.25) is 4.79 Å². The molecule has 1 amide bonds. The van der Waals surface area contributed by atoms with E-state index in [0.717, 1.165) is 6.07 Å². The Hall–Kier alpha value is -0.590. The molecule has 0 spiro atoms. The Labute approximate surface area is 100.0 Å². The van der Waals surface area contributed by atoms with Crippen LogP contribution >= 0.6 is 26.6 Å². The maximum absolute atomic E-state index is 11.2. The molecule has 7 heteroatoms. The van der Waals surface area contributed by atoms with Crippen LogP contribution in [0.4, 0.5) is 0 Å². The first-order valence-corrected chi connectivity index (χ1v) is 6.88. The second kappa shape index (κ2) is 4.11. The zero-order chi connectivity index (χ0) is 11.8. The molecule has 0 aliphatic heterocycles. The molecule has 2 N–H and O–H groups in total. The molecule has 0 aromatic heterocycles. The Balaban J connectivity index is 3.59. The number of carbonyl (C=O) groups is 1. The van der Waals surface area contributed by atoms with Crippen molar-refractivity contribution in [2.75, 3.05) is 0 Å². The third-order valence-corrected chi connectivity index (χ3v) is 4.43. The average molecular weight is 313 g/mol. The van der Waals surface area contributed by atoms with Crippen LogP contribution in [-0.2, 0) is 9.05 Å². The number of nitrogens with two attached hydrogens (primary N) is 1. The fraction of sp³-hybridized carbons (Fsp3) is 0.125. The number of rotatable bonds is 2. The van der Waals surface area contributed by atoms with Gasteiger partial charge in [-0.05, 0) is 40.5 Å². The third-order valence-electron chi connectivity index (χ3n) is 1.77. The second-order valence-corrected chi connectivity index (χ2v) is 6.23. The zero-order valence-electron chi connectivity index (χ0n) is 7.62. The van der Waals surface area contributed by atoms with Crippen molar-refractivity contribution in [1.29, 1.82) is 0 Å². The van der Waals surface area contributed by atoms with Crippen molar-refractivity contribution in [2.45, 2.75) is 11.8 Å². The van der Waals surface area contributed by atoms with Gasteiger partial charge in [-0.2, -0.15) is 0 Å². The molecule has 1 aromatic carbocycles. The highest BCUT2D eigenvalue weighted by atomic mass is 79.9. The van der Waals surface area contributed by atoms with Crippen molar-refractivity contribution in [3.63, 3.8) is 0 Å². The molecular formula is C8H7BrClNO3S. The van der Waals surface area contributed by atoms with Crippen molar-refractivity contribution >= 4 is 41.6 Å². The lowest BCUT2D eigenvalue weighted by Gasteiger charge is -2.06. The Bertz CT molecular complexity index is 527. The summed E-state index contributed by atoms with van der Waals surface area (Å²) in [5.74, 6) is -0.702. The summed E-state index contributed by atoms with van der Waals surface area (Å²) in [6.45, 7) is 1.64. The molecule has 0 unspecified atom stereocenters. The van der Waals surface area contributed by atoms with Crippen molar-refractivity contribution in [3.05, 3.63) is 27.7 Å². The van der Waals surface area contributed by atoms with Crippen LogP contribution in [0.3, 0.4) is 0 Å². The van der Waals surface area contributed by atoms with Gasteiger partial charge in [0, 0.05) is 20.7 Å². The van der Waals surface area contributed by atoms with Gasteiger partial charge in [0.25, 0.3) is 9.05 Å². The molecule has 0 heterocycles. The summed E-state index contributed by atoms with van der Waals surface area (Å²) in [4.78, 5) is 10.8. The van der Waals surface area contributed by atoms with E-state index in [-0.39, 0.29) is 10.5 Å². The molecule has 0 atom stereocenters. The van der Waals surface area contributed by atoms with Crippen molar-refractivity contribution in [2.24, 2.45) is 5.73 Å². The minimum atomic E-state index is -3.89. The summed E-state index contributed by atoms with van der Waals surface area (Å²) in [6.07, 6.45) is 0. The lowest BCUT2D eigenvalue weighted by molar-refractivity contribution is 0.1000. The van der Waals surface area contributed by atoms with Crippen LogP contribution in [0.2, 0.25) is 0 Å². The predicted molar refractivity (Wildman–Crippen MR) is 60.4 cm³/mol. The Morgan fingerprint density at radius 3 is 2.40 bits per heavy atom. The van der Waals surface area contributed by atoms with E-state index in [9.17, 15) is 13.2 Å². The predicted octanol–water partition coefficient (Wildman–Crippen LogP) is 1.78. The monoisotopic (exact) mass is 311 g/mol. The van der Waals surface area contributed by atoms with E-state index in [4.69, 9.17) is 16.4 Å². The molecule has 0 saturated carbocycles. The highest BCUT2D eigenvalue weighted by molar-refractivity contribution is 9.10. The summed E-state index contributed by atoms with van der Waals surface area (Å²) in [7, 11) is 1.31. The van der Waals surface area contributed by atoms with E-state index in [1.807, 2.05) is 0 Å². The first kappa shape index (κ1) is 12.5. The summed E-state index contributed by atoms with van der Waals surface area (Å²) in [6, 6.07) is 2.62. The maximum Gasteiger partial charge on any atom is 0.262 e. The molecule has 0 aliphatic rings. The molecule has 4 nitrogen and oxygen atoms in total. The van der Waals surface area contributed by atoms with Gasteiger partial charge in [-0.1, -0.05) is 0 Å². The molecule has 0 bridgehead atoms. The number of primary amides is 1. The smallest absolute Gasteiger partial charge is 0.262 e. The molecule has 15 heavy (non-hydrogen) atoms. The summed E-state index contributed by atoms with van der Waals surface area (Å²) in [5, 5.41) is 0. The van der Waals surface area contributed by atoms with Crippen LogP contribution in [0.5, 0.6) is 0 Å². The SMILES string of the molecule is Cc1cc(C(N)=O)cc(S(=O)(=O)Cl)c1Br. The first-order valence-electron chi connectivity index (χ1n) is 3.78. The molecule has 0 fully saturated rings. The molecule has 82 valence electrons. The summed E-state index contributed by atoms with van der Waals surface area (Å²) < 4.78 is 22.7. The summed E-state index contributed by atoms with van der Waals surface area (Å²) in [5.41, 5.74) is 5.73. The van der Waals surface area contributed by atoms with Crippen molar-refractivity contribution in [1.82, 2.24) is 0 Å². The number of aryl methyl sites for hydroxylation is 1. The lowest BCUT2D eigenvalue weighted by Crippen LogP contribution is -2.12. The molecule has 0 saturated heterocycles. The fourth-order valence-corrected chi connectivity index (χ4v) is 3.21. The summed E-state index contributed by atoms with van der Waals surface area (Å²) >= 11 is 3.08. The van der Waals surface area contributed by atoms with E-state index < -0.39 is 15.0 Å². The Morgan fingerprint density at radius 1 is 1.47 bits per heavy atom. The standard InChI is InChI=1S/C8H7BrClNO3S/c1-4-2-5(8(11)12)3-6(7(4)9)15(10,13)14/h2-3H,1H3,(H2,11,12). The van der Waals surface area contributed by atoms with Gasteiger partial charge in [0.1, 0.15) is 0 Å². The Kier molecular flexibility index (Phi) is 3.42. The van der Waals surface area contributed by atoms with Crippen LogP contribution in [0.25, 0.3) is 0 Å². The Morgan fingerprint density at radius 2 is 2.00 bits per heavy atom. The van der Waals surface area contributed by atoms with Crippen molar-refractivity contribution < 1.29 is 13.2 Å². The number of benzene rings is 1. The zero-order valence-corrected chi connectivity index (χ0v) is 10.8. The number of carbonyl (C=O) groups excluding carboxylic acids is 1. The van der Waals surface area contributed by atoms with E-state index in [2.05, 4.69) is 15.9 Å². The molecule has 1 rings (SSSR count). The van der Waals surface area contributed by atoms with Crippen LogP contribution in [0.1, 0.15) is 15.9 Å². The van der Waals surface area contributed by atoms with E-state index in [1.165, 1.54) is 6.07 Å². The number of hydrogen-bond donors (Lipinski definition) is 1. The second-order valence-electron chi connectivity index (χ2n) is 2.91. The number of amides is 1. The topological polar surface area (TPSA) is 77.2 Å². The highest BCUT2D eigenvalue weighted by Gasteiger charge is 2.18. The minimum absolute atomic E-state index is 0.106. The normalized spacial score (nSPS) is 11.4. The van der Waals surface area contributed by atoms with E-state index >= 15 is 0 Å². The van der Waals surface area contributed by atoms with Gasteiger partial charge in [-0.15, -0.1) is 0 Å². The van der Waals surface area contributed by atoms with Gasteiger partial charge in [0.2, 0.25) is 5.91 Å². The van der Waals surface area contributed by atoms with Crippen LogP contribution < -0.4 is 5.73 Å². The van der Waals surface area contributed by atoms with Gasteiger partial charge in [0.05, 0.1) is 4.90 Å². The van der Waals surface area contributed by atoms with E-state index in [0.29, 0.717) is 10.0 Å². The number of hydrogen-bond acceptors (Lipinski definition) is 3. The van der Waals surface area contributed by atoms with Gasteiger partial charge >= 0.3 is 0 Å². The number of halogens is 2. The highest BCUT2D eigenvalue weighted by Crippen LogP contribution is 2.29. The van der Waals surface area contributed by atoms with Gasteiger partial charge in [-0.25, -0.2) is 8.42 Å². The molecule has 0 radical (unpaired) electrons.